The van der Waals surface area contributed by atoms with E-state index in [1.807, 2.05) is 0 Å². The lowest BCUT2D eigenvalue weighted by atomic mass is 9.89. The predicted molar refractivity (Wildman–Crippen MR) is 116 cm³/mol. The molecule has 168 valence electrons. The van der Waals surface area contributed by atoms with Crippen LogP contribution < -0.4 is 15.6 Å². The average molecular weight is 439 g/mol. The number of hydrogen-bond donors (Lipinski definition) is 2. The maximum Gasteiger partial charge on any atom is 0.407 e. The Hall–Kier alpha value is -3.53. The Balaban J connectivity index is 1.65. The van der Waals surface area contributed by atoms with Gasteiger partial charge >= 0.3 is 6.09 Å². The molecule has 1 aliphatic rings. The molecule has 0 unspecified atom stereocenters. The number of ether oxygens (including phenoxy) is 2. The third kappa shape index (κ3) is 4.40. The van der Waals surface area contributed by atoms with Gasteiger partial charge in [-0.05, 0) is 38.5 Å². The van der Waals surface area contributed by atoms with Gasteiger partial charge in [0, 0.05) is 24.6 Å². The number of nitrogens with one attached hydrogen (secondary N) is 1. The number of aliphatic hydroxyl groups is 1. The molecule has 4 rings (SSSR count). The maximum atomic E-state index is 12.6. The number of hydrogen-bond acceptors (Lipinski definition) is 8. The van der Waals surface area contributed by atoms with E-state index in [2.05, 4.69) is 20.3 Å². The van der Waals surface area contributed by atoms with Gasteiger partial charge in [0.1, 0.15) is 11.1 Å². The molecule has 10 heteroatoms. The van der Waals surface area contributed by atoms with Gasteiger partial charge in [-0.1, -0.05) is 0 Å². The van der Waals surface area contributed by atoms with Crippen LogP contribution in [0.1, 0.15) is 32.0 Å². The van der Waals surface area contributed by atoms with Crippen LogP contribution >= 0.6 is 0 Å². The van der Waals surface area contributed by atoms with Crippen molar-refractivity contribution in [2.24, 2.45) is 0 Å². The molecule has 2 N–H and O–H groups in total. The molecule has 2 atom stereocenters. The number of aromatic nitrogens is 4. The topological polar surface area (TPSA) is 128 Å². The Labute approximate surface area is 184 Å². The third-order valence-corrected chi connectivity index (χ3v) is 5.10. The van der Waals surface area contributed by atoms with Crippen molar-refractivity contribution >= 4 is 17.3 Å². The first-order valence-electron chi connectivity index (χ1n) is 10.2. The van der Waals surface area contributed by atoms with E-state index in [4.69, 9.17) is 9.47 Å². The number of pyridine rings is 2. The van der Waals surface area contributed by atoms with E-state index in [0.717, 1.165) is 11.3 Å². The molecule has 0 spiro atoms. The second-order valence-corrected chi connectivity index (χ2v) is 8.66. The Morgan fingerprint density at radius 1 is 1.22 bits per heavy atom. The summed E-state index contributed by atoms with van der Waals surface area (Å²) in [5.74, 6) is 0.357. The highest BCUT2D eigenvalue weighted by Crippen LogP contribution is 2.24. The lowest BCUT2D eigenvalue weighted by Crippen LogP contribution is -2.49. The van der Waals surface area contributed by atoms with Crippen LogP contribution in [-0.2, 0) is 17.6 Å². The van der Waals surface area contributed by atoms with Crippen molar-refractivity contribution in [1.29, 1.82) is 0 Å². The molecular weight excluding hydrogens is 414 g/mol. The standard InChI is InChI=1S/C22H25N5O5/c1-22(2,3)32-21(30)25-16-9-15-12(8-17(16)28)7-13(10-23-15)27-19(29)11-24-14-5-6-18(31-4)26-20(14)27/h5-7,10-11,16-17,28H,8-9H2,1-4H3,(H,25,30)/t16-,17-/m0/s1. The van der Waals surface area contributed by atoms with Gasteiger partial charge in [0.05, 0.1) is 37.3 Å². The zero-order valence-electron chi connectivity index (χ0n) is 18.3. The molecule has 1 aliphatic carbocycles. The molecule has 0 aliphatic heterocycles. The van der Waals surface area contributed by atoms with E-state index in [-0.39, 0.29) is 12.0 Å². The third-order valence-electron chi connectivity index (χ3n) is 5.10. The fraction of sp³-hybridized carbons (Fsp3) is 0.409. The van der Waals surface area contributed by atoms with Crippen molar-refractivity contribution in [3.63, 3.8) is 0 Å². The molecular formula is C22H25N5O5. The number of fused-ring (bicyclic) bond motifs is 2. The largest absolute Gasteiger partial charge is 0.481 e. The number of carbonyl (C=O) groups excluding carboxylic acids is 1. The number of carbonyl (C=O) groups is 1. The van der Waals surface area contributed by atoms with Gasteiger partial charge in [0.2, 0.25) is 5.88 Å². The summed E-state index contributed by atoms with van der Waals surface area (Å²) in [6.45, 7) is 5.33. The molecule has 0 bridgehead atoms. The summed E-state index contributed by atoms with van der Waals surface area (Å²) in [6, 6.07) is 4.67. The number of nitrogens with zero attached hydrogens (tertiary/aromatic N) is 4. The van der Waals surface area contributed by atoms with E-state index in [9.17, 15) is 14.7 Å². The summed E-state index contributed by atoms with van der Waals surface area (Å²) in [5.41, 5.74) is 1.92. The highest BCUT2D eigenvalue weighted by atomic mass is 16.6. The maximum absolute atomic E-state index is 12.6. The van der Waals surface area contributed by atoms with Crippen molar-refractivity contribution in [2.75, 3.05) is 7.11 Å². The Morgan fingerprint density at radius 3 is 2.72 bits per heavy atom. The molecule has 32 heavy (non-hydrogen) atoms. The SMILES string of the molecule is COc1ccc2ncc(=O)n(-c3cnc4c(c3)C[C@H](O)[C@@H](NC(=O)OC(C)(C)C)C4)c2n1. The van der Waals surface area contributed by atoms with Gasteiger partial charge in [-0.15, -0.1) is 0 Å². The Morgan fingerprint density at radius 2 is 2.00 bits per heavy atom. The van der Waals surface area contributed by atoms with Gasteiger partial charge in [-0.2, -0.15) is 4.98 Å². The van der Waals surface area contributed by atoms with Crippen LogP contribution in [-0.4, -0.2) is 55.6 Å². The molecule has 3 aromatic rings. The van der Waals surface area contributed by atoms with Gasteiger partial charge < -0.3 is 19.9 Å². The second kappa shape index (κ2) is 8.19. The van der Waals surface area contributed by atoms with Crippen molar-refractivity contribution < 1.29 is 19.4 Å². The second-order valence-electron chi connectivity index (χ2n) is 8.66. The average Bonchev–Trinajstić information content (AvgIpc) is 2.72. The highest BCUT2D eigenvalue weighted by Gasteiger charge is 2.31. The molecule has 1 amide bonds. The van der Waals surface area contributed by atoms with Crippen LogP contribution in [0.25, 0.3) is 16.9 Å². The van der Waals surface area contributed by atoms with Gasteiger partial charge in [0.25, 0.3) is 5.56 Å². The number of amides is 1. The van der Waals surface area contributed by atoms with Gasteiger partial charge in [-0.3, -0.25) is 14.3 Å². The first kappa shape index (κ1) is 21.7. The minimum Gasteiger partial charge on any atom is -0.481 e. The number of aliphatic hydroxyl groups excluding tert-OH is 1. The molecule has 10 nitrogen and oxygen atoms in total. The smallest absolute Gasteiger partial charge is 0.407 e. The van der Waals surface area contributed by atoms with Crippen molar-refractivity contribution in [1.82, 2.24) is 24.8 Å². The predicted octanol–water partition coefficient (Wildman–Crippen LogP) is 1.54. The summed E-state index contributed by atoms with van der Waals surface area (Å²) in [6.07, 6.45) is 2.00. The minimum absolute atomic E-state index is 0.269. The minimum atomic E-state index is -0.823. The molecule has 3 aromatic heterocycles. The lowest BCUT2D eigenvalue weighted by Gasteiger charge is -2.31. The fourth-order valence-corrected chi connectivity index (χ4v) is 3.67. The monoisotopic (exact) mass is 439 g/mol. The highest BCUT2D eigenvalue weighted by molar-refractivity contribution is 5.72. The molecule has 0 saturated carbocycles. The number of alkyl carbamates (subject to hydrolysis) is 1. The molecule has 0 saturated heterocycles. The number of rotatable bonds is 3. The van der Waals surface area contributed by atoms with E-state index in [1.165, 1.54) is 17.9 Å². The van der Waals surface area contributed by atoms with Crippen LogP contribution in [0.5, 0.6) is 5.88 Å². The number of methoxy groups -OCH3 is 1. The van der Waals surface area contributed by atoms with Gasteiger partial charge in [0.15, 0.2) is 5.65 Å². The Kier molecular flexibility index (Phi) is 5.55. The van der Waals surface area contributed by atoms with E-state index >= 15 is 0 Å². The first-order valence-corrected chi connectivity index (χ1v) is 10.2. The molecule has 0 fully saturated rings. The van der Waals surface area contributed by atoms with Crippen LogP contribution in [0.3, 0.4) is 0 Å². The van der Waals surface area contributed by atoms with Crippen molar-refractivity contribution in [3.8, 4) is 11.6 Å². The van der Waals surface area contributed by atoms with E-state index < -0.39 is 23.8 Å². The van der Waals surface area contributed by atoms with E-state index in [0.29, 0.717) is 29.2 Å². The van der Waals surface area contributed by atoms with Crippen LogP contribution in [0.2, 0.25) is 0 Å². The van der Waals surface area contributed by atoms with Gasteiger partial charge in [-0.25, -0.2) is 9.78 Å². The molecule has 0 aromatic carbocycles. The summed E-state index contributed by atoms with van der Waals surface area (Å²) in [7, 11) is 1.50. The van der Waals surface area contributed by atoms with Crippen LogP contribution in [0.4, 0.5) is 4.79 Å². The van der Waals surface area contributed by atoms with Crippen molar-refractivity contribution in [3.05, 3.63) is 52.2 Å². The van der Waals surface area contributed by atoms with E-state index in [1.54, 1.807) is 45.2 Å². The molecule has 3 heterocycles. The summed E-state index contributed by atoms with van der Waals surface area (Å²) < 4.78 is 11.9. The first-order chi connectivity index (χ1) is 15.1. The summed E-state index contributed by atoms with van der Waals surface area (Å²) >= 11 is 0. The molecule has 0 radical (unpaired) electrons. The van der Waals surface area contributed by atoms with Crippen molar-refractivity contribution in [2.45, 2.75) is 51.4 Å². The quantitative estimate of drug-likeness (QED) is 0.629. The fourth-order valence-electron chi connectivity index (χ4n) is 3.67. The summed E-state index contributed by atoms with van der Waals surface area (Å²) in [4.78, 5) is 37.8. The van der Waals surface area contributed by atoms with Crippen LogP contribution in [0, 0.1) is 0 Å². The Bertz CT molecular complexity index is 1230. The normalized spacial score (nSPS) is 18.2. The zero-order chi connectivity index (χ0) is 23.0. The summed E-state index contributed by atoms with van der Waals surface area (Å²) in [5, 5.41) is 13.3. The van der Waals surface area contributed by atoms with Crippen LogP contribution in [0.15, 0.2) is 35.4 Å². The zero-order valence-corrected chi connectivity index (χ0v) is 18.3. The lowest BCUT2D eigenvalue weighted by molar-refractivity contribution is 0.0411.